The third-order valence-electron chi connectivity index (χ3n) is 2.82. The molecule has 2 aromatic rings. The van der Waals surface area contributed by atoms with E-state index >= 15 is 0 Å². The van der Waals surface area contributed by atoms with Crippen LogP contribution in [0.15, 0.2) is 54.6 Å². The van der Waals surface area contributed by atoms with Crippen LogP contribution in [0.4, 0.5) is 0 Å². The fourth-order valence-electron chi connectivity index (χ4n) is 1.67. The minimum absolute atomic E-state index is 0.0758. The van der Waals surface area contributed by atoms with Crippen molar-refractivity contribution in [2.75, 3.05) is 0 Å². The van der Waals surface area contributed by atoms with E-state index in [2.05, 4.69) is 6.07 Å². The highest BCUT2D eigenvalue weighted by molar-refractivity contribution is 5.31. The van der Waals surface area contributed by atoms with Crippen LogP contribution in [0.25, 0.3) is 0 Å². The molecule has 0 radical (unpaired) electrons. The van der Waals surface area contributed by atoms with Gasteiger partial charge >= 0.3 is 0 Å². The lowest BCUT2D eigenvalue weighted by atomic mass is 10.0. The summed E-state index contributed by atoms with van der Waals surface area (Å²) in [7, 11) is 0. The number of rotatable bonds is 4. The summed E-state index contributed by atoms with van der Waals surface area (Å²) >= 11 is 0. The lowest BCUT2D eigenvalue weighted by Gasteiger charge is -2.08. The average molecular weight is 237 g/mol. The Kier molecular flexibility index (Phi) is 3.98. The van der Waals surface area contributed by atoms with Crippen molar-refractivity contribution in [3.05, 3.63) is 65.7 Å². The third-order valence-corrected chi connectivity index (χ3v) is 2.82. The summed E-state index contributed by atoms with van der Waals surface area (Å²) < 4.78 is 5.68. The molecule has 0 unspecified atom stereocenters. The van der Waals surface area contributed by atoms with Crippen molar-refractivity contribution in [3.63, 3.8) is 0 Å². The van der Waals surface area contributed by atoms with Crippen molar-refractivity contribution < 1.29 is 4.74 Å². The van der Waals surface area contributed by atoms with E-state index < -0.39 is 0 Å². The maximum absolute atomic E-state index is 8.83. The van der Waals surface area contributed by atoms with Crippen LogP contribution in [-0.4, -0.2) is 0 Å². The van der Waals surface area contributed by atoms with Gasteiger partial charge in [-0.2, -0.15) is 5.26 Å². The molecule has 2 rings (SSSR count). The van der Waals surface area contributed by atoms with Gasteiger partial charge in [-0.25, -0.2) is 0 Å². The second kappa shape index (κ2) is 5.88. The molecule has 90 valence electrons. The summed E-state index contributed by atoms with van der Waals surface area (Å²) in [5.41, 5.74) is 2.16. The number of benzene rings is 2. The molecule has 1 atom stereocenters. The molecule has 0 saturated carbocycles. The van der Waals surface area contributed by atoms with Gasteiger partial charge in [-0.1, -0.05) is 42.5 Å². The quantitative estimate of drug-likeness (QED) is 0.808. The van der Waals surface area contributed by atoms with Gasteiger partial charge in [0.1, 0.15) is 12.4 Å². The third kappa shape index (κ3) is 3.11. The van der Waals surface area contributed by atoms with Crippen molar-refractivity contribution in [3.8, 4) is 11.8 Å². The maximum Gasteiger partial charge on any atom is 0.119 e. The molecule has 0 fully saturated rings. The normalized spacial score (nSPS) is 11.6. The van der Waals surface area contributed by atoms with Crippen LogP contribution >= 0.6 is 0 Å². The van der Waals surface area contributed by atoms with E-state index in [-0.39, 0.29) is 5.92 Å². The molecule has 0 saturated heterocycles. The lowest BCUT2D eigenvalue weighted by molar-refractivity contribution is 0.306. The van der Waals surface area contributed by atoms with Crippen molar-refractivity contribution in [1.82, 2.24) is 0 Å². The molecule has 2 heteroatoms. The summed E-state index contributed by atoms with van der Waals surface area (Å²) in [5, 5.41) is 8.83. The molecule has 2 aromatic carbocycles. The monoisotopic (exact) mass is 237 g/mol. The highest BCUT2D eigenvalue weighted by Crippen LogP contribution is 2.19. The summed E-state index contributed by atoms with van der Waals surface area (Å²) in [6.07, 6.45) is 0. The Morgan fingerprint density at radius 1 is 1.06 bits per heavy atom. The molecule has 0 amide bonds. The van der Waals surface area contributed by atoms with Gasteiger partial charge in [-0.05, 0) is 30.2 Å². The molecule has 18 heavy (non-hydrogen) atoms. The number of nitriles is 1. The Morgan fingerprint density at radius 3 is 2.33 bits per heavy atom. The fourth-order valence-corrected chi connectivity index (χ4v) is 1.67. The van der Waals surface area contributed by atoms with E-state index in [1.807, 2.05) is 61.5 Å². The smallest absolute Gasteiger partial charge is 0.119 e. The Labute approximate surface area is 107 Å². The van der Waals surface area contributed by atoms with Gasteiger partial charge in [0.25, 0.3) is 0 Å². The standard InChI is InChI=1S/C16H15NO/c1-13(11-17)15-7-9-16(10-8-15)18-12-14-5-3-2-4-6-14/h2-10,13H,12H2,1H3/t13-/m0/s1. The largest absolute Gasteiger partial charge is 0.489 e. The maximum atomic E-state index is 8.83. The molecule has 0 spiro atoms. The minimum atomic E-state index is -0.0758. The summed E-state index contributed by atoms with van der Waals surface area (Å²) in [6, 6.07) is 20.0. The molecule has 0 aliphatic carbocycles. The van der Waals surface area contributed by atoms with Gasteiger partial charge in [-0.15, -0.1) is 0 Å². The van der Waals surface area contributed by atoms with E-state index in [0.717, 1.165) is 16.9 Å². The number of hydrogen-bond acceptors (Lipinski definition) is 2. The predicted molar refractivity (Wildman–Crippen MR) is 71.2 cm³/mol. The van der Waals surface area contributed by atoms with Crippen LogP contribution in [-0.2, 0) is 6.61 Å². The van der Waals surface area contributed by atoms with Gasteiger partial charge in [0, 0.05) is 0 Å². The van der Waals surface area contributed by atoms with Gasteiger partial charge in [0.15, 0.2) is 0 Å². The summed E-state index contributed by atoms with van der Waals surface area (Å²) in [6.45, 7) is 2.45. The Hall–Kier alpha value is -2.27. The number of ether oxygens (including phenoxy) is 1. The zero-order valence-corrected chi connectivity index (χ0v) is 10.3. The number of hydrogen-bond donors (Lipinski definition) is 0. The molecule has 0 bridgehead atoms. The zero-order valence-electron chi connectivity index (χ0n) is 10.3. The lowest BCUT2D eigenvalue weighted by Crippen LogP contribution is -1.95. The highest BCUT2D eigenvalue weighted by atomic mass is 16.5. The fraction of sp³-hybridized carbons (Fsp3) is 0.188. The first-order valence-electron chi connectivity index (χ1n) is 5.96. The molecular formula is C16H15NO. The molecule has 0 aromatic heterocycles. The van der Waals surface area contributed by atoms with Gasteiger partial charge in [-0.3, -0.25) is 0 Å². The Bertz CT molecular complexity index is 525. The van der Waals surface area contributed by atoms with Crippen molar-refractivity contribution >= 4 is 0 Å². The first kappa shape index (κ1) is 12.2. The van der Waals surface area contributed by atoms with Gasteiger partial charge < -0.3 is 4.74 Å². The Balaban J connectivity index is 1.97. The Morgan fingerprint density at radius 2 is 1.72 bits per heavy atom. The van der Waals surface area contributed by atoms with Crippen molar-refractivity contribution in [1.29, 1.82) is 5.26 Å². The second-order valence-corrected chi connectivity index (χ2v) is 4.19. The SMILES string of the molecule is C[C@@H](C#N)c1ccc(OCc2ccccc2)cc1. The first-order valence-corrected chi connectivity index (χ1v) is 5.96. The summed E-state index contributed by atoms with van der Waals surface area (Å²) in [5.74, 6) is 0.751. The van der Waals surface area contributed by atoms with Crippen LogP contribution < -0.4 is 4.74 Å². The molecule has 0 aliphatic heterocycles. The van der Waals surface area contributed by atoms with Crippen molar-refractivity contribution in [2.45, 2.75) is 19.4 Å². The van der Waals surface area contributed by atoms with E-state index in [9.17, 15) is 0 Å². The van der Waals surface area contributed by atoms with Crippen LogP contribution in [0.3, 0.4) is 0 Å². The van der Waals surface area contributed by atoms with Crippen LogP contribution in [0.1, 0.15) is 24.0 Å². The van der Waals surface area contributed by atoms with Crippen LogP contribution in [0, 0.1) is 11.3 Å². The van der Waals surface area contributed by atoms with Crippen LogP contribution in [0.5, 0.6) is 5.75 Å². The van der Waals surface area contributed by atoms with E-state index in [1.54, 1.807) is 0 Å². The molecular weight excluding hydrogens is 222 g/mol. The average Bonchev–Trinajstić information content (AvgIpc) is 2.46. The van der Waals surface area contributed by atoms with Gasteiger partial charge in [0.05, 0.1) is 12.0 Å². The topological polar surface area (TPSA) is 33.0 Å². The van der Waals surface area contributed by atoms with Gasteiger partial charge in [0.2, 0.25) is 0 Å². The molecule has 2 nitrogen and oxygen atoms in total. The van der Waals surface area contributed by atoms with E-state index in [0.29, 0.717) is 6.61 Å². The predicted octanol–water partition coefficient (Wildman–Crippen LogP) is 3.89. The van der Waals surface area contributed by atoms with E-state index in [4.69, 9.17) is 10.00 Å². The first-order chi connectivity index (χ1) is 8.79. The second-order valence-electron chi connectivity index (χ2n) is 4.19. The minimum Gasteiger partial charge on any atom is -0.489 e. The number of nitrogens with zero attached hydrogens (tertiary/aromatic N) is 1. The molecule has 0 aliphatic rings. The van der Waals surface area contributed by atoms with Crippen molar-refractivity contribution in [2.24, 2.45) is 0 Å². The summed E-state index contributed by atoms with van der Waals surface area (Å²) in [4.78, 5) is 0. The van der Waals surface area contributed by atoms with Crippen LogP contribution in [0.2, 0.25) is 0 Å². The molecule has 0 N–H and O–H groups in total. The highest BCUT2D eigenvalue weighted by Gasteiger charge is 2.03. The molecule has 0 heterocycles. The zero-order chi connectivity index (χ0) is 12.8. The van der Waals surface area contributed by atoms with E-state index in [1.165, 1.54) is 0 Å².